The number of pyridine rings is 1. The Bertz CT molecular complexity index is 1310. The molecule has 6 nitrogen and oxygen atoms in total. The molecule has 0 bridgehead atoms. The van der Waals surface area contributed by atoms with Crippen molar-refractivity contribution >= 4 is 23.2 Å². The van der Waals surface area contributed by atoms with E-state index in [9.17, 15) is 9.59 Å². The van der Waals surface area contributed by atoms with E-state index in [0.717, 1.165) is 51.7 Å². The van der Waals surface area contributed by atoms with Crippen LogP contribution in [0.1, 0.15) is 62.9 Å². The van der Waals surface area contributed by atoms with Crippen LogP contribution in [-0.4, -0.2) is 45.8 Å². The van der Waals surface area contributed by atoms with Crippen LogP contribution < -0.4 is 5.32 Å². The standard InChI is InChI=1S/C29H34N4O2S/c1-16(2)9-24-18(4)11-21(13-30-24)28(34)31-14-25-23-12-22(23)15-33(25)29(35)26-27(36-19(5)32-26)20-8-6-7-17(3)10-20/h6-8,10-11,13,16,22-23,25H,9,12,14-15H2,1-5H3,(H,31,34)/t22-,23?,25-/m1/s1. The molecular formula is C29H34N4O2S. The molecule has 5 rings (SSSR count). The number of carbonyl (C=O) groups is 2. The van der Waals surface area contributed by atoms with Gasteiger partial charge in [-0.05, 0) is 68.6 Å². The molecule has 1 saturated carbocycles. The number of aromatic nitrogens is 2. The Morgan fingerprint density at radius 3 is 2.72 bits per heavy atom. The molecule has 0 radical (unpaired) electrons. The predicted octanol–water partition coefficient (Wildman–Crippen LogP) is 5.22. The molecule has 3 atom stereocenters. The maximum absolute atomic E-state index is 13.7. The van der Waals surface area contributed by atoms with Gasteiger partial charge in [-0.1, -0.05) is 43.7 Å². The highest BCUT2D eigenvalue weighted by Gasteiger charge is 2.54. The van der Waals surface area contributed by atoms with Crippen LogP contribution in [-0.2, 0) is 6.42 Å². The molecule has 3 heterocycles. The lowest BCUT2D eigenvalue weighted by Crippen LogP contribution is -2.45. The first-order chi connectivity index (χ1) is 17.2. The van der Waals surface area contributed by atoms with Gasteiger partial charge < -0.3 is 10.2 Å². The summed E-state index contributed by atoms with van der Waals surface area (Å²) in [6.45, 7) is 11.5. The zero-order valence-electron chi connectivity index (χ0n) is 21.7. The second-order valence-electron chi connectivity index (χ2n) is 10.8. The minimum atomic E-state index is -0.136. The molecule has 2 aromatic heterocycles. The van der Waals surface area contributed by atoms with Crippen LogP contribution in [0.5, 0.6) is 0 Å². The second-order valence-corrected chi connectivity index (χ2v) is 12.0. The summed E-state index contributed by atoms with van der Waals surface area (Å²) in [6.07, 6.45) is 3.69. The van der Waals surface area contributed by atoms with Crippen molar-refractivity contribution in [1.82, 2.24) is 20.2 Å². The SMILES string of the molecule is Cc1cccc(-c2sc(C)nc2C(=O)N2C[C@H]3CC3[C@H]2CNC(=O)c2cnc(CC(C)C)c(C)c2)c1. The number of rotatable bonds is 7. The highest BCUT2D eigenvalue weighted by molar-refractivity contribution is 7.15. The minimum absolute atomic E-state index is 0.00640. The second kappa shape index (κ2) is 9.77. The smallest absolute Gasteiger partial charge is 0.274 e. The number of amides is 2. The van der Waals surface area contributed by atoms with Gasteiger partial charge in [0.25, 0.3) is 11.8 Å². The topological polar surface area (TPSA) is 75.2 Å². The summed E-state index contributed by atoms with van der Waals surface area (Å²) in [6, 6.07) is 10.1. The van der Waals surface area contributed by atoms with E-state index >= 15 is 0 Å². The Morgan fingerprint density at radius 2 is 2.00 bits per heavy atom. The number of thiazole rings is 1. The van der Waals surface area contributed by atoms with E-state index in [-0.39, 0.29) is 17.9 Å². The first-order valence-corrected chi connectivity index (χ1v) is 13.6. The Labute approximate surface area is 217 Å². The molecule has 7 heteroatoms. The first-order valence-electron chi connectivity index (χ1n) is 12.8. The van der Waals surface area contributed by atoms with Gasteiger partial charge in [0.2, 0.25) is 0 Å². The number of hydrogen-bond donors (Lipinski definition) is 1. The summed E-state index contributed by atoms with van der Waals surface area (Å²) >= 11 is 1.56. The van der Waals surface area contributed by atoms with Gasteiger partial charge in [-0.2, -0.15) is 0 Å². The van der Waals surface area contributed by atoms with Crippen LogP contribution in [0.3, 0.4) is 0 Å². The summed E-state index contributed by atoms with van der Waals surface area (Å²) in [7, 11) is 0. The van der Waals surface area contributed by atoms with Crippen molar-refractivity contribution < 1.29 is 9.59 Å². The van der Waals surface area contributed by atoms with E-state index in [1.165, 1.54) is 0 Å². The van der Waals surface area contributed by atoms with Crippen molar-refractivity contribution in [2.24, 2.45) is 17.8 Å². The molecule has 1 aliphatic carbocycles. The van der Waals surface area contributed by atoms with Crippen LogP contribution >= 0.6 is 11.3 Å². The fourth-order valence-electron chi connectivity index (χ4n) is 5.38. The minimum Gasteiger partial charge on any atom is -0.350 e. The number of nitrogens with zero attached hydrogens (tertiary/aromatic N) is 3. The third-order valence-electron chi connectivity index (χ3n) is 7.30. The number of likely N-dealkylation sites (tertiary alicyclic amines) is 1. The Balaban J connectivity index is 1.31. The molecule has 1 unspecified atom stereocenters. The fraction of sp³-hybridized carbons (Fsp3) is 0.448. The van der Waals surface area contributed by atoms with Crippen molar-refractivity contribution in [1.29, 1.82) is 0 Å². The number of piperidine rings is 1. The number of nitrogens with one attached hydrogen (secondary N) is 1. The van der Waals surface area contributed by atoms with Crippen molar-refractivity contribution in [3.05, 3.63) is 69.6 Å². The van der Waals surface area contributed by atoms with E-state index in [1.807, 2.05) is 36.9 Å². The molecule has 0 spiro atoms. The quantitative estimate of drug-likeness (QED) is 0.481. The summed E-state index contributed by atoms with van der Waals surface area (Å²) in [4.78, 5) is 38.8. The van der Waals surface area contributed by atoms with Crippen LogP contribution in [0.4, 0.5) is 0 Å². The molecule has 1 aliphatic heterocycles. The molecule has 36 heavy (non-hydrogen) atoms. The van der Waals surface area contributed by atoms with Crippen molar-refractivity contribution in [2.75, 3.05) is 13.1 Å². The average molecular weight is 503 g/mol. The molecule has 3 aromatic rings. The van der Waals surface area contributed by atoms with Gasteiger partial charge in [-0.25, -0.2) is 4.98 Å². The van der Waals surface area contributed by atoms with Crippen molar-refractivity contribution in [2.45, 2.75) is 53.5 Å². The van der Waals surface area contributed by atoms with Gasteiger partial charge in [0.15, 0.2) is 0 Å². The number of benzene rings is 1. The molecule has 1 aromatic carbocycles. The van der Waals surface area contributed by atoms with E-state index in [2.05, 4.69) is 48.2 Å². The van der Waals surface area contributed by atoms with Crippen LogP contribution in [0.25, 0.3) is 10.4 Å². The number of carbonyl (C=O) groups excluding carboxylic acids is 2. The molecule has 1 saturated heterocycles. The van der Waals surface area contributed by atoms with Crippen molar-refractivity contribution in [3.63, 3.8) is 0 Å². The van der Waals surface area contributed by atoms with Gasteiger partial charge >= 0.3 is 0 Å². The van der Waals surface area contributed by atoms with Crippen LogP contribution in [0, 0.1) is 38.5 Å². The maximum atomic E-state index is 13.7. The van der Waals surface area contributed by atoms with E-state index in [1.54, 1.807) is 17.5 Å². The van der Waals surface area contributed by atoms with Gasteiger partial charge in [0.05, 0.1) is 21.5 Å². The Hall–Kier alpha value is -3.06. The van der Waals surface area contributed by atoms with Gasteiger partial charge in [-0.15, -0.1) is 11.3 Å². The highest BCUT2D eigenvalue weighted by Crippen LogP contribution is 2.50. The lowest BCUT2D eigenvalue weighted by Gasteiger charge is -2.27. The Kier molecular flexibility index (Phi) is 6.68. The highest BCUT2D eigenvalue weighted by atomic mass is 32.1. The number of aryl methyl sites for hydroxylation is 3. The monoisotopic (exact) mass is 502 g/mol. The van der Waals surface area contributed by atoms with Crippen LogP contribution in [0.15, 0.2) is 36.5 Å². The summed E-state index contributed by atoms with van der Waals surface area (Å²) < 4.78 is 0. The Morgan fingerprint density at radius 1 is 1.19 bits per heavy atom. The van der Waals surface area contributed by atoms with Crippen molar-refractivity contribution in [3.8, 4) is 10.4 Å². The molecule has 1 N–H and O–H groups in total. The van der Waals surface area contributed by atoms with Gasteiger partial charge in [0, 0.05) is 25.0 Å². The summed E-state index contributed by atoms with van der Waals surface area (Å²) in [5, 5.41) is 3.97. The number of fused-ring (bicyclic) bond motifs is 1. The number of hydrogen-bond acceptors (Lipinski definition) is 5. The molecule has 2 fully saturated rings. The third kappa shape index (κ3) is 4.94. The molecular weight excluding hydrogens is 468 g/mol. The zero-order chi connectivity index (χ0) is 25.6. The summed E-state index contributed by atoms with van der Waals surface area (Å²) in [5.41, 5.74) is 5.36. The maximum Gasteiger partial charge on any atom is 0.274 e. The molecule has 188 valence electrons. The molecule has 2 aliphatic rings. The third-order valence-corrected chi connectivity index (χ3v) is 8.32. The lowest BCUT2D eigenvalue weighted by molar-refractivity contribution is 0.0690. The van der Waals surface area contributed by atoms with E-state index in [4.69, 9.17) is 0 Å². The average Bonchev–Trinajstić information content (AvgIpc) is 3.34. The zero-order valence-corrected chi connectivity index (χ0v) is 22.5. The first kappa shape index (κ1) is 24.6. The predicted molar refractivity (Wildman–Crippen MR) is 143 cm³/mol. The van der Waals surface area contributed by atoms with E-state index in [0.29, 0.717) is 35.6 Å². The normalized spacial score (nSPS) is 20.5. The largest absolute Gasteiger partial charge is 0.350 e. The van der Waals surface area contributed by atoms with Crippen LogP contribution in [0.2, 0.25) is 0 Å². The fourth-order valence-corrected chi connectivity index (χ4v) is 6.29. The lowest BCUT2D eigenvalue weighted by atomic mass is 10.0. The van der Waals surface area contributed by atoms with Gasteiger partial charge in [-0.3, -0.25) is 14.6 Å². The van der Waals surface area contributed by atoms with E-state index < -0.39 is 0 Å². The summed E-state index contributed by atoms with van der Waals surface area (Å²) in [5.74, 6) is 1.32. The van der Waals surface area contributed by atoms with Gasteiger partial charge in [0.1, 0.15) is 5.69 Å². The molecule has 2 amide bonds.